The Hall–Kier alpha value is -0.870. The van der Waals surface area contributed by atoms with Gasteiger partial charge in [-0.15, -0.1) is 0 Å². The van der Waals surface area contributed by atoms with Gasteiger partial charge in [0.05, 0.1) is 0 Å². The average molecular weight is 349 g/mol. The van der Waals surface area contributed by atoms with Crippen LogP contribution in [0.4, 0.5) is 0 Å². The van der Waals surface area contributed by atoms with Crippen LogP contribution in [0.5, 0.6) is 0 Å². The normalized spacial score (nSPS) is 17.0. The summed E-state index contributed by atoms with van der Waals surface area (Å²) in [4.78, 5) is 5.01. The number of halogens is 1. The van der Waals surface area contributed by atoms with Crippen molar-refractivity contribution in [3.05, 3.63) is 57.2 Å². The van der Waals surface area contributed by atoms with Gasteiger partial charge in [0, 0.05) is 24.7 Å². The van der Waals surface area contributed by atoms with Gasteiger partial charge in [-0.2, -0.15) is 11.3 Å². The topological polar surface area (TPSA) is 6.48 Å². The van der Waals surface area contributed by atoms with Crippen LogP contribution in [0.15, 0.2) is 41.1 Å². The Kier molecular flexibility index (Phi) is 6.12. The third-order valence-corrected chi connectivity index (χ3v) is 5.76. The summed E-state index contributed by atoms with van der Waals surface area (Å²) in [5.74, 6) is 0.820. The van der Waals surface area contributed by atoms with E-state index >= 15 is 0 Å². The Bertz CT molecular complexity index is 591. The number of piperidine rings is 1. The Morgan fingerprint density at radius 3 is 2.70 bits per heavy atom. The number of nitrogens with zero attached hydrogens (tertiary/aromatic N) is 2. The van der Waals surface area contributed by atoms with E-state index in [0.29, 0.717) is 0 Å². The van der Waals surface area contributed by atoms with Gasteiger partial charge in [0.15, 0.2) is 0 Å². The van der Waals surface area contributed by atoms with E-state index in [1.54, 1.807) is 11.3 Å². The van der Waals surface area contributed by atoms with Gasteiger partial charge >= 0.3 is 0 Å². The fraction of sp³-hybridized carbons (Fsp3) is 0.474. The first-order chi connectivity index (χ1) is 11.2. The van der Waals surface area contributed by atoms with Gasteiger partial charge in [0.1, 0.15) is 0 Å². The summed E-state index contributed by atoms with van der Waals surface area (Å²) < 4.78 is 0. The second kappa shape index (κ2) is 8.29. The number of rotatable bonds is 6. The molecule has 1 fully saturated rings. The molecule has 1 saturated heterocycles. The molecule has 23 heavy (non-hydrogen) atoms. The van der Waals surface area contributed by atoms with Crippen LogP contribution in [0.2, 0.25) is 5.02 Å². The molecule has 2 nitrogen and oxygen atoms in total. The fourth-order valence-corrected chi connectivity index (χ4v) is 4.25. The summed E-state index contributed by atoms with van der Waals surface area (Å²) in [6.07, 6.45) is 2.58. The van der Waals surface area contributed by atoms with Crippen LogP contribution < -0.4 is 0 Å². The van der Waals surface area contributed by atoms with Gasteiger partial charge in [-0.1, -0.05) is 29.8 Å². The van der Waals surface area contributed by atoms with Crippen molar-refractivity contribution in [2.24, 2.45) is 5.92 Å². The first-order valence-corrected chi connectivity index (χ1v) is 9.68. The van der Waals surface area contributed by atoms with Crippen LogP contribution in [-0.2, 0) is 13.1 Å². The molecule has 1 aliphatic heterocycles. The van der Waals surface area contributed by atoms with E-state index in [1.807, 2.05) is 12.1 Å². The summed E-state index contributed by atoms with van der Waals surface area (Å²) in [6.45, 7) is 5.63. The maximum Gasteiger partial charge on any atom is 0.0451 e. The molecule has 1 aromatic heterocycles. The summed E-state index contributed by atoms with van der Waals surface area (Å²) >= 11 is 8.06. The van der Waals surface area contributed by atoms with Crippen molar-refractivity contribution < 1.29 is 0 Å². The summed E-state index contributed by atoms with van der Waals surface area (Å²) in [5, 5.41) is 5.31. The Morgan fingerprint density at radius 1 is 1.22 bits per heavy atom. The summed E-state index contributed by atoms with van der Waals surface area (Å²) in [7, 11) is 2.24. The molecule has 0 amide bonds. The predicted molar refractivity (Wildman–Crippen MR) is 100 cm³/mol. The molecule has 0 spiro atoms. The molecule has 0 aliphatic carbocycles. The highest BCUT2D eigenvalue weighted by molar-refractivity contribution is 7.07. The molecule has 2 aromatic rings. The largest absolute Gasteiger partial charge is 0.302 e. The maximum atomic E-state index is 6.28. The molecule has 0 bridgehead atoms. The third-order valence-electron chi connectivity index (χ3n) is 4.66. The molecule has 0 unspecified atom stereocenters. The lowest BCUT2D eigenvalue weighted by Gasteiger charge is -2.34. The molecular formula is C19H25ClN2S. The van der Waals surface area contributed by atoms with Crippen LogP contribution in [0, 0.1) is 5.92 Å². The highest BCUT2D eigenvalue weighted by atomic mass is 35.5. The van der Waals surface area contributed by atoms with Crippen LogP contribution in [0.3, 0.4) is 0 Å². The van der Waals surface area contributed by atoms with Crippen LogP contribution >= 0.6 is 22.9 Å². The minimum absolute atomic E-state index is 0.820. The number of hydrogen-bond acceptors (Lipinski definition) is 3. The lowest BCUT2D eigenvalue weighted by Crippen LogP contribution is -2.37. The predicted octanol–water partition coefficient (Wildman–Crippen LogP) is 4.75. The van der Waals surface area contributed by atoms with Crippen molar-refractivity contribution in [2.45, 2.75) is 25.9 Å². The highest BCUT2D eigenvalue weighted by Crippen LogP contribution is 2.23. The second-order valence-corrected chi connectivity index (χ2v) is 7.83. The molecule has 0 N–H and O–H groups in total. The van der Waals surface area contributed by atoms with Crippen molar-refractivity contribution in [1.29, 1.82) is 0 Å². The minimum atomic E-state index is 0.820. The molecule has 0 radical (unpaired) electrons. The smallest absolute Gasteiger partial charge is 0.0451 e. The van der Waals surface area contributed by atoms with E-state index in [4.69, 9.17) is 11.6 Å². The zero-order valence-electron chi connectivity index (χ0n) is 13.7. The summed E-state index contributed by atoms with van der Waals surface area (Å²) in [6, 6.07) is 10.4. The molecule has 0 saturated carbocycles. The van der Waals surface area contributed by atoms with E-state index in [-0.39, 0.29) is 0 Å². The van der Waals surface area contributed by atoms with E-state index in [0.717, 1.165) is 24.0 Å². The standard InChI is InChI=1S/C19H25ClN2S/c1-21(13-17-8-11-23-15-17)12-16-6-9-22(10-7-16)14-18-4-2-3-5-19(18)20/h2-5,8,11,15-16H,6-7,9-10,12-14H2,1H3. The second-order valence-electron chi connectivity index (χ2n) is 6.64. The molecule has 1 aliphatic rings. The Balaban J connectivity index is 1.42. The number of thiophene rings is 1. The number of likely N-dealkylation sites (tertiary alicyclic amines) is 1. The van der Waals surface area contributed by atoms with Gasteiger partial charge < -0.3 is 4.90 Å². The van der Waals surface area contributed by atoms with E-state index < -0.39 is 0 Å². The first kappa shape index (κ1) is 17.0. The van der Waals surface area contributed by atoms with Gasteiger partial charge in [-0.25, -0.2) is 0 Å². The van der Waals surface area contributed by atoms with E-state index in [2.05, 4.69) is 45.8 Å². The van der Waals surface area contributed by atoms with E-state index in [9.17, 15) is 0 Å². The highest BCUT2D eigenvalue weighted by Gasteiger charge is 2.21. The van der Waals surface area contributed by atoms with Crippen LogP contribution in [0.25, 0.3) is 0 Å². The van der Waals surface area contributed by atoms with Crippen LogP contribution in [0.1, 0.15) is 24.0 Å². The fourth-order valence-electron chi connectivity index (χ4n) is 3.39. The van der Waals surface area contributed by atoms with Gasteiger partial charge in [-0.3, -0.25) is 4.90 Å². The van der Waals surface area contributed by atoms with Crippen molar-refractivity contribution in [2.75, 3.05) is 26.7 Å². The molecule has 4 heteroatoms. The number of benzene rings is 1. The molecule has 0 atom stereocenters. The van der Waals surface area contributed by atoms with Crippen molar-refractivity contribution >= 4 is 22.9 Å². The number of hydrogen-bond donors (Lipinski definition) is 0. The first-order valence-electron chi connectivity index (χ1n) is 8.36. The maximum absolute atomic E-state index is 6.28. The molecule has 2 heterocycles. The molecule has 1 aromatic carbocycles. The third kappa shape index (κ3) is 5.05. The Labute approximate surface area is 148 Å². The van der Waals surface area contributed by atoms with Crippen LogP contribution in [-0.4, -0.2) is 36.5 Å². The van der Waals surface area contributed by atoms with Gasteiger partial charge in [0.25, 0.3) is 0 Å². The minimum Gasteiger partial charge on any atom is -0.302 e. The monoisotopic (exact) mass is 348 g/mol. The quantitative estimate of drug-likeness (QED) is 0.743. The van der Waals surface area contributed by atoms with Crippen molar-refractivity contribution in [3.63, 3.8) is 0 Å². The van der Waals surface area contributed by atoms with Crippen molar-refractivity contribution in [1.82, 2.24) is 9.80 Å². The zero-order valence-corrected chi connectivity index (χ0v) is 15.3. The zero-order chi connectivity index (χ0) is 16.1. The SMILES string of the molecule is CN(Cc1ccsc1)CC1CCN(Cc2ccccc2Cl)CC1. The Morgan fingerprint density at radius 2 is 2.00 bits per heavy atom. The lowest BCUT2D eigenvalue weighted by atomic mass is 9.96. The van der Waals surface area contributed by atoms with Gasteiger partial charge in [-0.05, 0) is 72.9 Å². The van der Waals surface area contributed by atoms with E-state index in [1.165, 1.54) is 43.6 Å². The van der Waals surface area contributed by atoms with Gasteiger partial charge in [0.2, 0.25) is 0 Å². The molecular weight excluding hydrogens is 324 g/mol. The molecule has 3 rings (SSSR count). The lowest BCUT2D eigenvalue weighted by molar-refractivity contribution is 0.147. The average Bonchev–Trinajstić information content (AvgIpc) is 3.04. The molecule has 124 valence electrons. The van der Waals surface area contributed by atoms with Crippen molar-refractivity contribution in [3.8, 4) is 0 Å². The summed E-state index contributed by atoms with van der Waals surface area (Å²) in [5.41, 5.74) is 2.69.